The van der Waals surface area contributed by atoms with Gasteiger partial charge >= 0.3 is 0 Å². The first-order valence-electron chi connectivity index (χ1n) is 5.19. The fourth-order valence-corrected chi connectivity index (χ4v) is 1.55. The number of rotatable bonds is 3. The van der Waals surface area contributed by atoms with Gasteiger partial charge in [0.15, 0.2) is 0 Å². The molecule has 0 atom stereocenters. The van der Waals surface area contributed by atoms with Crippen molar-refractivity contribution in [1.29, 1.82) is 0 Å². The van der Waals surface area contributed by atoms with Crippen LogP contribution in [0.15, 0.2) is 28.8 Å². The molecule has 4 heteroatoms. The minimum atomic E-state index is 0.247. The number of nitrogens with zero attached hydrogens (tertiary/aromatic N) is 2. The Labute approximate surface area is 99.4 Å². The van der Waals surface area contributed by atoms with Gasteiger partial charge in [0.1, 0.15) is 5.88 Å². The van der Waals surface area contributed by atoms with E-state index >= 15 is 0 Å². The first kappa shape index (κ1) is 11.1. The summed E-state index contributed by atoms with van der Waals surface area (Å²) in [6.07, 6.45) is 0. The quantitative estimate of drug-likeness (QED) is 0.765. The third kappa shape index (κ3) is 2.25. The van der Waals surface area contributed by atoms with Gasteiger partial charge in [-0.05, 0) is 11.5 Å². The van der Waals surface area contributed by atoms with E-state index in [9.17, 15) is 0 Å². The molecule has 0 radical (unpaired) electrons. The van der Waals surface area contributed by atoms with Gasteiger partial charge in [-0.2, -0.15) is 4.98 Å². The second kappa shape index (κ2) is 4.66. The van der Waals surface area contributed by atoms with Crippen molar-refractivity contribution in [2.24, 2.45) is 0 Å². The predicted molar refractivity (Wildman–Crippen MR) is 63.4 cm³/mol. The molecular weight excluding hydrogens is 224 g/mol. The van der Waals surface area contributed by atoms with Gasteiger partial charge in [-0.3, -0.25) is 0 Å². The maximum absolute atomic E-state index is 5.60. The number of aromatic nitrogens is 2. The number of halogens is 1. The Balaban J connectivity index is 2.27. The van der Waals surface area contributed by atoms with Crippen LogP contribution in [0.3, 0.4) is 0 Å². The average molecular weight is 237 g/mol. The molecule has 0 amide bonds. The zero-order valence-corrected chi connectivity index (χ0v) is 10.0. The normalized spacial score (nSPS) is 11.0. The Kier molecular flexibility index (Phi) is 3.25. The second-order valence-electron chi connectivity index (χ2n) is 3.92. The molecule has 2 aromatic rings. The van der Waals surface area contributed by atoms with E-state index in [1.54, 1.807) is 0 Å². The summed E-state index contributed by atoms with van der Waals surface area (Å²) in [4.78, 5) is 4.16. The summed E-state index contributed by atoms with van der Waals surface area (Å²) in [7, 11) is 0. The number of hydrogen-bond acceptors (Lipinski definition) is 3. The molecule has 0 aliphatic carbocycles. The molecule has 2 rings (SSSR count). The minimum absolute atomic E-state index is 0.247. The maximum atomic E-state index is 5.60. The Hall–Kier alpha value is -1.35. The Bertz CT molecular complexity index is 462. The van der Waals surface area contributed by atoms with Crippen LogP contribution in [0.25, 0.3) is 11.4 Å². The molecule has 16 heavy (non-hydrogen) atoms. The van der Waals surface area contributed by atoms with Gasteiger partial charge in [-0.1, -0.05) is 43.3 Å². The van der Waals surface area contributed by atoms with Crippen LogP contribution in [0.5, 0.6) is 0 Å². The smallest absolute Gasteiger partial charge is 0.241 e. The van der Waals surface area contributed by atoms with Gasteiger partial charge in [-0.15, -0.1) is 11.6 Å². The van der Waals surface area contributed by atoms with Crippen LogP contribution in [0.4, 0.5) is 0 Å². The summed E-state index contributed by atoms with van der Waals surface area (Å²) in [6.45, 7) is 4.32. The highest BCUT2D eigenvalue weighted by atomic mass is 35.5. The Morgan fingerprint density at radius 2 is 1.94 bits per heavy atom. The molecule has 0 saturated heterocycles. The Morgan fingerprint density at radius 3 is 2.44 bits per heavy atom. The summed E-state index contributed by atoms with van der Waals surface area (Å²) >= 11 is 5.60. The molecule has 0 spiro atoms. The SMILES string of the molecule is CC(C)c1ccc(-c2noc(CCl)n2)cc1. The molecule has 1 aromatic carbocycles. The lowest BCUT2D eigenvalue weighted by atomic mass is 10.0. The number of alkyl halides is 1. The van der Waals surface area contributed by atoms with Crippen LogP contribution in [-0.2, 0) is 5.88 Å². The Morgan fingerprint density at radius 1 is 1.25 bits per heavy atom. The van der Waals surface area contributed by atoms with Crippen LogP contribution >= 0.6 is 11.6 Å². The first-order chi connectivity index (χ1) is 7.70. The standard InChI is InChI=1S/C12H13ClN2O/c1-8(2)9-3-5-10(6-4-9)12-14-11(7-13)16-15-12/h3-6,8H,7H2,1-2H3. The van der Waals surface area contributed by atoms with Crippen LogP contribution in [-0.4, -0.2) is 10.1 Å². The van der Waals surface area contributed by atoms with Gasteiger partial charge in [0.25, 0.3) is 0 Å². The molecule has 0 aliphatic heterocycles. The van der Waals surface area contributed by atoms with Crippen molar-refractivity contribution in [3.63, 3.8) is 0 Å². The molecule has 0 bridgehead atoms. The van der Waals surface area contributed by atoms with Crippen LogP contribution in [0, 0.1) is 0 Å². The van der Waals surface area contributed by atoms with E-state index < -0.39 is 0 Å². The van der Waals surface area contributed by atoms with Crippen molar-refractivity contribution in [2.45, 2.75) is 25.6 Å². The monoisotopic (exact) mass is 236 g/mol. The average Bonchev–Trinajstić information content (AvgIpc) is 2.77. The fourth-order valence-electron chi connectivity index (χ4n) is 1.44. The third-order valence-electron chi connectivity index (χ3n) is 2.42. The molecule has 1 heterocycles. The van der Waals surface area contributed by atoms with E-state index in [4.69, 9.17) is 16.1 Å². The molecule has 0 unspecified atom stereocenters. The summed E-state index contributed by atoms with van der Waals surface area (Å²) in [6, 6.07) is 8.16. The minimum Gasteiger partial charge on any atom is -0.338 e. The van der Waals surface area contributed by atoms with Crippen molar-refractivity contribution in [3.05, 3.63) is 35.7 Å². The van der Waals surface area contributed by atoms with E-state index in [0.717, 1.165) is 5.56 Å². The maximum Gasteiger partial charge on any atom is 0.241 e. The zero-order valence-electron chi connectivity index (χ0n) is 9.27. The highest BCUT2D eigenvalue weighted by molar-refractivity contribution is 6.16. The van der Waals surface area contributed by atoms with Crippen LogP contribution < -0.4 is 0 Å². The summed E-state index contributed by atoms with van der Waals surface area (Å²) in [5, 5.41) is 3.86. The summed E-state index contributed by atoms with van der Waals surface area (Å²) < 4.78 is 4.95. The van der Waals surface area contributed by atoms with E-state index in [1.807, 2.05) is 12.1 Å². The van der Waals surface area contributed by atoms with Crippen LogP contribution in [0.1, 0.15) is 31.2 Å². The lowest BCUT2D eigenvalue weighted by Gasteiger charge is -2.04. The highest BCUT2D eigenvalue weighted by Gasteiger charge is 2.07. The lowest BCUT2D eigenvalue weighted by molar-refractivity contribution is 0.391. The van der Waals surface area contributed by atoms with Crippen molar-refractivity contribution < 1.29 is 4.52 Å². The van der Waals surface area contributed by atoms with Gasteiger partial charge in [-0.25, -0.2) is 0 Å². The molecule has 1 aromatic heterocycles. The predicted octanol–water partition coefficient (Wildman–Crippen LogP) is 3.60. The highest BCUT2D eigenvalue weighted by Crippen LogP contribution is 2.20. The molecule has 84 valence electrons. The van der Waals surface area contributed by atoms with E-state index in [2.05, 4.69) is 36.1 Å². The van der Waals surface area contributed by atoms with Crippen molar-refractivity contribution in [2.75, 3.05) is 0 Å². The number of hydrogen-bond donors (Lipinski definition) is 0. The van der Waals surface area contributed by atoms with Gasteiger partial charge in [0.2, 0.25) is 11.7 Å². The van der Waals surface area contributed by atoms with Crippen molar-refractivity contribution >= 4 is 11.6 Å². The van der Waals surface area contributed by atoms with E-state index in [0.29, 0.717) is 17.6 Å². The van der Waals surface area contributed by atoms with E-state index in [1.165, 1.54) is 5.56 Å². The van der Waals surface area contributed by atoms with Gasteiger partial charge in [0.05, 0.1) is 0 Å². The first-order valence-corrected chi connectivity index (χ1v) is 5.73. The van der Waals surface area contributed by atoms with Gasteiger partial charge < -0.3 is 4.52 Å². The second-order valence-corrected chi connectivity index (χ2v) is 4.19. The molecule has 0 fully saturated rings. The zero-order chi connectivity index (χ0) is 11.5. The fraction of sp³-hybridized carbons (Fsp3) is 0.333. The van der Waals surface area contributed by atoms with Crippen molar-refractivity contribution in [1.82, 2.24) is 10.1 Å². The van der Waals surface area contributed by atoms with Gasteiger partial charge in [0, 0.05) is 5.56 Å². The van der Waals surface area contributed by atoms with E-state index in [-0.39, 0.29) is 5.88 Å². The molecule has 0 saturated carbocycles. The molecule has 0 N–H and O–H groups in total. The van der Waals surface area contributed by atoms with Crippen LogP contribution in [0.2, 0.25) is 0 Å². The summed E-state index contributed by atoms with van der Waals surface area (Å²) in [5.41, 5.74) is 2.24. The summed E-state index contributed by atoms with van der Waals surface area (Å²) in [5.74, 6) is 1.81. The topological polar surface area (TPSA) is 38.9 Å². The molecule has 0 aliphatic rings. The lowest BCUT2D eigenvalue weighted by Crippen LogP contribution is -1.87. The molecule has 3 nitrogen and oxygen atoms in total. The third-order valence-corrected chi connectivity index (χ3v) is 2.65. The largest absolute Gasteiger partial charge is 0.338 e. The number of benzene rings is 1. The molecular formula is C12H13ClN2O. The van der Waals surface area contributed by atoms with Crippen molar-refractivity contribution in [3.8, 4) is 11.4 Å².